The molecule has 0 saturated carbocycles. The van der Waals surface area contributed by atoms with Crippen molar-refractivity contribution in [2.75, 3.05) is 7.11 Å². The lowest BCUT2D eigenvalue weighted by molar-refractivity contribution is 0.414. The predicted octanol–water partition coefficient (Wildman–Crippen LogP) is 5.03. The van der Waals surface area contributed by atoms with E-state index in [4.69, 9.17) is 4.74 Å². The molecule has 0 N–H and O–H groups in total. The van der Waals surface area contributed by atoms with E-state index in [2.05, 4.69) is 57.2 Å². The van der Waals surface area contributed by atoms with Crippen molar-refractivity contribution in [2.45, 2.75) is 30.4 Å². The number of rotatable bonds is 4. The van der Waals surface area contributed by atoms with Gasteiger partial charge in [-0.05, 0) is 50.6 Å². The van der Waals surface area contributed by atoms with Crippen molar-refractivity contribution in [1.29, 1.82) is 0 Å². The molecule has 100 valence electrons. The van der Waals surface area contributed by atoms with Gasteiger partial charge in [0.05, 0.1) is 7.11 Å². The second kappa shape index (κ2) is 5.70. The molecule has 19 heavy (non-hydrogen) atoms. The van der Waals surface area contributed by atoms with Gasteiger partial charge in [-0.15, -0.1) is 11.8 Å². The molecule has 2 aromatic rings. The van der Waals surface area contributed by atoms with Gasteiger partial charge >= 0.3 is 0 Å². The molecule has 0 aliphatic rings. The van der Waals surface area contributed by atoms with Crippen molar-refractivity contribution in [3.8, 4) is 5.75 Å². The van der Waals surface area contributed by atoms with Crippen LogP contribution in [0.2, 0.25) is 0 Å². The van der Waals surface area contributed by atoms with Gasteiger partial charge in [-0.1, -0.05) is 29.8 Å². The Hall–Kier alpha value is -1.41. The Morgan fingerprint density at radius 1 is 0.895 bits per heavy atom. The number of hydrogen-bond donors (Lipinski definition) is 0. The Kier molecular flexibility index (Phi) is 4.20. The Bertz CT molecular complexity index is 526. The molecule has 2 aromatic carbocycles. The van der Waals surface area contributed by atoms with E-state index in [1.807, 2.05) is 23.9 Å². The molecular formula is C17H20OS. The quantitative estimate of drug-likeness (QED) is 0.722. The lowest BCUT2D eigenvalue weighted by atomic mass is 10.0. The van der Waals surface area contributed by atoms with Crippen molar-refractivity contribution in [1.82, 2.24) is 0 Å². The van der Waals surface area contributed by atoms with E-state index in [0.717, 1.165) is 5.75 Å². The fourth-order valence-corrected chi connectivity index (χ4v) is 3.07. The molecule has 0 amide bonds. The van der Waals surface area contributed by atoms with Crippen LogP contribution in [0, 0.1) is 6.92 Å². The first-order valence-corrected chi connectivity index (χ1v) is 7.23. The van der Waals surface area contributed by atoms with Crippen molar-refractivity contribution >= 4 is 11.8 Å². The summed E-state index contributed by atoms with van der Waals surface area (Å²) in [4.78, 5) is 1.30. The minimum Gasteiger partial charge on any atom is -0.497 e. The molecule has 0 heterocycles. The van der Waals surface area contributed by atoms with Crippen LogP contribution in [0.5, 0.6) is 5.75 Å². The summed E-state index contributed by atoms with van der Waals surface area (Å²) in [5.41, 5.74) is 2.60. The van der Waals surface area contributed by atoms with E-state index >= 15 is 0 Å². The molecule has 0 saturated heterocycles. The Morgan fingerprint density at radius 3 is 2.00 bits per heavy atom. The summed E-state index contributed by atoms with van der Waals surface area (Å²) >= 11 is 1.88. The fourth-order valence-electron chi connectivity index (χ4n) is 1.95. The van der Waals surface area contributed by atoms with Gasteiger partial charge in [-0.25, -0.2) is 0 Å². The van der Waals surface area contributed by atoms with Crippen molar-refractivity contribution < 1.29 is 4.74 Å². The Balaban J connectivity index is 2.18. The van der Waals surface area contributed by atoms with Crippen LogP contribution in [-0.2, 0) is 4.75 Å². The highest BCUT2D eigenvalue weighted by Crippen LogP contribution is 2.41. The molecule has 2 rings (SSSR count). The zero-order valence-corrected chi connectivity index (χ0v) is 12.8. The number of benzene rings is 2. The highest BCUT2D eigenvalue weighted by molar-refractivity contribution is 8.00. The highest BCUT2D eigenvalue weighted by atomic mass is 32.2. The van der Waals surface area contributed by atoms with Crippen LogP contribution in [0.3, 0.4) is 0 Å². The van der Waals surface area contributed by atoms with Crippen LogP contribution in [0.25, 0.3) is 0 Å². The zero-order valence-electron chi connectivity index (χ0n) is 11.9. The smallest absolute Gasteiger partial charge is 0.118 e. The molecule has 0 radical (unpaired) electrons. The molecule has 0 unspecified atom stereocenters. The van der Waals surface area contributed by atoms with Crippen LogP contribution in [-0.4, -0.2) is 7.11 Å². The van der Waals surface area contributed by atoms with E-state index in [9.17, 15) is 0 Å². The van der Waals surface area contributed by atoms with Gasteiger partial charge in [0.15, 0.2) is 0 Å². The Morgan fingerprint density at radius 2 is 1.47 bits per heavy atom. The predicted molar refractivity (Wildman–Crippen MR) is 83.1 cm³/mol. The summed E-state index contributed by atoms with van der Waals surface area (Å²) in [6.07, 6.45) is 0. The van der Waals surface area contributed by atoms with Gasteiger partial charge in [-0.2, -0.15) is 0 Å². The average Bonchev–Trinajstić information content (AvgIpc) is 2.41. The first-order chi connectivity index (χ1) is 9.01. The number of methoxy groups -OCH3 is 1. The van der Waals surface area contributed by atoms with Crippen LogP contribution in [0.15, 0.2) is 53.4 Å². The van der Waals surface area contributed by atoms with Crippen molar-refractivity contribution in [2.24, 2.45) is 0 Å². The molecule has 1 nitrogen and oxygen atoms in total. The molecule has 0 spiro atoms. The highest BCUT2D eigenvalue weighted by Gasteiger charge is 2.21. The van der Waals surface area contributed by atoms with E-state index < -0.39 is 0 Å². The maximum absolute atomic E-state index is 5.21. The van der Waals surface area contributed by atoms with Crippen LogP contribution < -0.4 is 4.74 Å². The van der Waals surface area contributed by atoms with Crippen molar-refractivity contribution in [3.63, 3.8) is 0 Å². The van der Waals surface area contributed by atoms with Gasteiger partial charge in [0.1, 0.15) is 5.75 Å². The topological polar surface area (TPSA) is 9.23 Å². The van der Waals surface area contributed by atoms with Gasteiger partial charge < -0.3 is 4.74 Å². The maximum atomic E-state index is 5.21. The zero-order chi connectivity index (χ0) is 13.9. The second-order valence-electron chi connectivity index (χ2n) is 5.15. The van der Waals surface area contributed by atoms with Gasteiger partial charge in [-0.3, -0.25) is 0 Å². The summed E-state index contributed by atoms with van der Waals surface area (Å²) < 4.78 is 5.25. The first-order valence-electron chi connectivity index (χ1n) is 6.41. The van der Waals surface area contributed by atoms with Gasteiger partial charge in [0.2, 0.25) is 0 Å². The lowest BCUT2D eigenvalue weighted by Gasteiger charge is -2.25. The van der Waals surface area contributed by atoms with Crippen LogP contribution in [0.1, 0.15) is 25.0 Å². The van der Waals surface area contributed by atoms with Gasteiger partial charge in [0.25, 0.3) is 0 Å². The largest absolute Gasteiger partial charge is 0.497 e. The third-order valence-electron chi connectivity index (χ3n) is 3.18. The molecule has 0 aliphatic heterocycles. The summed E-state index contributed by atoms with van der Waals surface area (Å²) in [5, 5.41) is 0. The molecule has 0 atom stereocenters. The number of aryl methyl sites for hydroxylation is 1. The molecule has 2 heteroatoms. The summed E-state index contributed by atoms with van der Waals surface area (Å²) in [6, 6.07) is 17.0. The SMILES string of the molecule is COc1ccc(C(C)(C)Sc2ccc(C)cc2)cc1. The molecular weight excluding hydrogens is 252 g/mol. The molecule has 0 aromatic heterocycles. The summed E-state index contributed by atoms with van der Waals surface area (Å²) in [7, 11) is 1.70. The van der Waals surface area contributed by atoms with Crippen LogP contribution >= 0.6 is 11.8 Å². The molecule has 0 fully saturated rings. The summed E-state index contributed by atoms with van der Waals surface area (Å²) in [6.45, 7) is 6.61. The standard InChI is InChI=1S/C17H20OS/c1-13-5-11-16(12-6-13)19-17(2,3)14-7-9-15(18-4)10-8-14/h5-12H,1-4H3. The van der Waals surface area contributed by atoms with Crippen LogP contribution in [0.4, 0.5) is 0 Å². The van der Waals surface area contributed by atoms with Crippen molar-refractivity contribution in [3.05, 3.63) is 59.7 Å². The van der Waals surface area contributed by atoms with E-state index in [1.54, 1.807) is 7.11 Å². The Labute approximate surface area is 120 Å². The fraction of sp³-hybridized carbons (Fsp3) is 0.294. The van der Waals surface area contributed by atoms with Gasteiger partial charge in [0, 0.05) is 9.64 Å². The minimum atomic E-state index is 0.0432. The monoisotopic (exact) mass is 272 g/mol. The summed E-state index contributed by atoms with van der Waals surface area (Å²) in [5.74, 6) is 0.903. The minimum absolute atomic E-state index is 0.0432. The third-order valence-corrected chi connectivity index (χ3v) is 4.43. The van der Waals surface area contributed by atoms with E-state index in [0.29, 0.717) is 0 Å². The first kappa shape index (κ1) is 14.0. The lowest BCUT2D eigenvalue weighted by Crippen LogP contribution is -2.11. The molecule has 0 aliphatic carbocycles. The number of ether oxygens (including phenoxy) is 1. The van der Waals surface area contributed by atoms with E-state index in [-0.39, 0.29) is 4.75 Å². The number of hydrogen-bond acceptors (Lipinski definition) is 2. The maximum Gasteiger partial charge on any atom is 0.118 e. The normalized spacial score (nSPS) is 11.4. The average molecular weight is 272 g/mol. The second-order valence-corrected chi connectivity index (χ2v) is 6.85. The number of thioether (sulfide) groups is 1. The van der Waals surface area contributed by atoms with E-state index in [1.165, 1.54) is 16.0 Å². The third kappa shape index (κ3) is 3.54. The molecule has 0 bridgehead atoms.